The molecule has 1 heterocycles. The average Bonchev–Trinajstić information content (AvgIpc) is 3.37. The van der Waals surface area contributed by atoms with Gasteiger partial charge in [0.1, 0.15) is 5.75 Å². The van der Waals surface area contributed by atoms with Gasteiger partial charge in [-0.1, -0.05) is 18.7 Å². The summed E-state index contributed by atoms with van der Waals surface area (Å²) in [5, 5.41) is 14.1. The summed E-state index contributed by atoms with van der Waals surface area (Å²) in [6.45, 7) is 5.19. The highest BCUT2D eigenvalue weighted by atomic mass is 16.6. The van der Waals surface area contributed by atoms with Crippen LogP contribution in [0.4, 0.5) is 5.69 Å². The van der Waals surface area contributed by atoms with Crippen molar-refractivity contribution in [2.75, 3.05) is 0 Å². The zero-order chi connectivity index (χ0) is 18.0. The van der Waals surface area contributed by atoms with Gasteiger partial charge in [0.05, 0.1) is 10.5 Å². The molecule has 0 unspecified atom stereocenters. The lowest BCUT2D eigenvalue weighted by molar-refractivity contribution is -0.386. The Kier molecular flexibility index (Phi) is 4.22. The fourth-order valence-electron chi connectivity index (χ4n) is 2.60. The highest BCUT2D eigenvalue weighted by Crippen LogP contribution is 2.46. The summed E-state index contributed by atoms with van der Waals surface area (Å²) >= 11 is 0. The van der Waals surface area contributed by atoms with E-state index in [1.165, 1.54) is 18.3 Å². The smallest absolute Gasteiger partial charge is 0.331 e. The minimum atomic E-state index is -0.520. The quantitative estimate of drug-likeness (QED) is 0.494. The van der Waals surface area contributed by atoms with Gasteiger partial charge in [0, 0.05) is 12.3 Å². The van der Waals surface area contributed by atoms with Gasteiger partial charge in [0.2, 0.25) is 5.91 Å². The van der Waals surface area contributed by atoms with Crippen LogP contribution in [0, 0.1) is 17.0 Å². The monoisotopic (exact) mass is 339 g/mol. The molecule has 7 nitrogen and oxygen atoms in total. The Morgan fingerprint density at radius 1 is 1.40 bits per heavy atom. The van der Waals surface area contributed by atoms with Crippen LogP contribution < -0.4 is 10.1 Å². The van der Waals surface area contributed by atoms with Gasteiger partial charge in [0.25, 0.3) is 5.88 Å². The van der Waals surface area contributed by atoms with Crippen molar-refractivity contribution in [2.24, 2.45) is 0 Å². The average molecular weight is 339 g/mol. The predicted molar refractivity (Wildman–Crippen MR) is 91.4 cm³/mol. The molecule has 0 spiro atoms. The second-order valence-corrected chi connectivity index (χ2v) is 6.00. The Morgan fingerprint density at radius 2 is 2.08 bits per heavy atom. The van der Waals surface area contributed by atoms with Crippen LogP contribution >= 0.6 is 0 Å². The first kappa shape index (κ1) is 16.6. The number of nitrogens with zero attached hydrogens (tertiary/aromatic N) is 2. The minimum Gasteiger partial charge on any atom is -0.434 e. The molecule has 7 heteroatoms. The minimum absolute atomic E-state index is 0.0514. The van der Waals surface area contributed by atoms with E-state index in [-0.39, 0.29) is 23.0 Å². The summed E-state index contributed by atoms with van der Waals surface area (Å²) in [5.74, 6) is 0.177. The van der Waals surface area contributed by atoms with Gasteiger partial charge in [0.15, 0.2) is 0 Å². The molecule has 0 bridgehead atoms. The molecule has 1 N–H and O–H groups in total. The Labute approximate surface area is 144 Å². The van der Waals surface area contributed by atoms with E-state index in [1.807, 2.05) is 12.1 Å². The second-order valence-electron chi connectivity index (χ2n) is 6.00. The number of carbonyl (C=O) groups excluding carboxylic acids is 1. The van der Waals surface area contributed by atoms with E-state index in [4.69, 9.17) is 4.74 Å². The number of rotatable bonds is 6. The van der Waals surface area contributed by atoms with Crippen LogP contribution in [0.25, 0.3) is 0 Å². The van der Waals surface area contributed by atoms with Gasteiger partial charge >= 0.3 is 5.69 Å². The van der Waals surface area contributed by atoms with Crippen molar-refractivity contribution < 1.29 is 14.5 Å². The summed E-state index contributed by atoms with van der Waals surface area (Å²) in [7, 11) is 0. The van der Waals surface area contributed by atoms with E-state index in [2.05, 4.69) is 16.9 Å². The molecule has 1 aliphatic carbocycles. The standard InChI is InChI=1S/C18H17N3O4/c1-3-16(22)20-18(8-9-18)13-4-6-14(7-5-13)25-17-15(21(23)24)10-12(2)11-19-17/h3-7,10-11H,1,8-9H2,2H3,(H,20,22). The Bertz CT molecular complexity index is 842. The van der Waals surface area contributed by atoms with E-state index >= 15 is 0 Å². The largest absolute Gasteiger partial charge is 0.434 e. The number of ether oxygens (including phenoxy) is 1. The fourth-order valence-corrected chi connectivity index (χ4v) is 2.60. The van der Waals surface area contributed by atoms with E-state index < -0.39 is 4.92 Å². The van der Waals surface area contributed by atoms with Crippen molar-refractivity contribution in [2.45, 2.75) is 25.3 Å². The summed E-state index contributed by atoms with van der Waals surface area (Å²) < 4.78 is 5.56. The number of aryl methyl sites for hydroxylation is 1. The molecule has 0 saturated heterocycles. The SMILES string of the molecule is C=CC(=O)NC1(c2ccc(Oc3ncc(C)cc3[N+](=O)[O-])cc2)CC1. The van der Waals surface area contributed by atoms with Crippen LogP contribution in [-0.2, 0) is 10.3 Å². The van der Waals surface area contributed by atoms with Crippen molar-refractivity contribution in [1.29, 1.82) is 0 Å². The zero-order valence-electron chi connectivity index (χ0n) is 13.7. The lowest BCUT2D eigenvalue weighted by Crippen LogP contribution is -2.33. The zero-order valence-corrected chi connectivity index (χ0v) is 13.7. The molecule has 1 fully saturated rings. The number of carbonyl (C=O) groups is 1. The van der Waals surface area contributed by atoms with Crippen LogP contribution in [0.5, 0.6) is 11.6 Å². The van der Waals surface area contributed by atoms with E-state index in [0.717, 1.165) is 18.4 Å². The summed E-state index contributed by atoms with van der Waals surface area (Å²) in [6, 6.07) is 8.51. The molecule has 0 aliphatic heterocycles. The summed E-state index contributed by atoms with van der Waals surface area (Å²) in [4.78, 5) is 26.2. The van der Waals surface area contributed by atoms with Crippen LogP contribution in [0.2, 0.25) is 0 Å². The third-order valence-corrected chi connectivity index (χ3v) is 4.08. The van der Waals surface area contributed by atoms with Crippen LogP contribution in [0.1, 0.15) is 24.0 Å². The van der Waals surface area contributed by atoms with E-state index in [1.54, 1.807) is 19.1 Å². The first-order valence-corrected chi connectivity index (χ1v) is 7.77. The molecule has 0 radical (unpaired) electrons. The molecule has 2 aromatic rings. The second kappa shape index (κ2) is 6.35. The maximum atomic E-state index is 11.6. The van der Waals surface area contributed by atoms with Gasteiger partial charge in [-0.15, -0.1) is 0 Å². The number of nitrogens with one attached hydrogen (secondary N) is 1. The molecular weight excluding hydrogens is 322 g/mol. The third-order valence-electron chi connectivity index (χ3n) is 4.08. The Balaban J connectivity index is 1.79. The lowest BCUT2D eigenvalue weighted by atomic mass is 10.0. The van der Waals surface area contributed by atoms with Crippen molar-refractivity contribution in [3.8, 4) is 11.6 Å². The predicted octanol–water partition coefficient (Wildman–Crippen LogP) is 3.38. The Morgan fingerprint density at radius 3 is 2.64 bits per heavy atom. The van der Waals surface area contributed by atoms with Crippen LogP contribution in [-0.4, -0.2) is 15.8 Å². The number of hydrogen-bond acceptors (Lipinski definition) is 5. The van der Waals surface area contributed by atoms with Crippen LogP contribution in [0.3, 0.4) is 0 Å². The lowest BCUT2D eigenvalue weighted by Gasteiger charge is -2.17. The maximum Gasteiger partial charge on any atom is 0.331 e. The first-order valence-electron chi connectivity index (χ1n) is 7.77. The molecule has 3 rings (SSSR count). The van der Waals surface area contributed by atoms with Gasteiger partial charge < -0.3 is 10.1 Å². The number of hydrogen-bond donors (Lipinski definition) is 1. The molecule has 1 aromatic heterocycles. The highest BCUT2D eigenvalue weighted by Gasteiger charge is 2.45. The van der Waals surface area contributed by atoms with E-state index in [0.29, 0.717) is 11.3 Å². The molecule has 128 valence electrons. The summed E-state index contributed by atoms with van der Waals surface area (Å²) in [5.41, 5.74) is 1.11. The molecule has 0 atom stereocenters. The topological polar surface area (TPSA) is 94.4 Å². The van der Waals surface area contributed by atoms with Crippen molar-refractivity contribution in [1.82, 2.24) is 10.3 Å². The molecule has 1 saturated carbocycles. The van der Waals surface area contributed by atoms with Crippen molar-refractivity contribution in [3.05, 3.63) is 70.4 Å². The molecule has 25 heavy (non-hydrogen) atoms. The van der Waals surface area contributed by atoms with Crippen molar-refractivity contribution in [3.63, 3.8) is 0 Å². The molecule has 1 aliphatic rings. The molecule has 1 aromatic carbocycles. The van der Waals surface area contributed by atoms with Gasteiger partial charge in [-0.2, -0.15) is 0 Å². The van der Waals surface area contributed by atoms with Crippen molar-refractivity contribution >= 4 is 11.6 Å². The normalized spacial score (nSPS) is 14.4. The third kappa shape index (κ3) is 3.50. The number of aromatic nitrogens is 1. The van der Waals surface area contributed by atoms with E-state index in [9.17, 15) is 14.9 Å². The molecular formula is C18H17N3O4. The van der Waals surface area contributed by atoms with Crippen LogP contribution in [0.15, 0.2) is 49.2 Å². The number of benzene rings is 1. The number of pyridine rings is 1. The Hall–Kier alpha value is -3.22. The number of amides is 1. The molecule has 1 amide bonds. The number of nitro groups is 1. The first-order chi connectivity index (χ1) is 11.9. The van der Waals surface area contributed by atoms with Gasteiger partial charge in [-0.3, -0.25) is 14.9 Å². The maximum absolute atomic E-state index is 11.6. The highest BCUT2D eigenvalue weighted by molar-refractivity contribution is 5.88. The van der Waals surface area contributed by atoms with Gasteiger partial charge in [-0.25, -0.2) is 4.98 Å². The fraction of sp³-hybridized carbons (Fsp3) is 0.222. The van der Waals surface area contributed by atoms with Gasteiger partial charge in [-0.05, 0) is 49.1 Å². The summed E-state index contributed by atoms with van der Waals surface area (Å²) in [6.07, 6.45) is 4.48.